The van der Waals surface area contributed by atoms with E-state index in [1.165, 1.54) is 0 Å². The zero-order chi connectivity index (χ0) is 14.5. The second-order valence-electron chi connectivity index (χ2n) is 4.27. The van der Waals surface area contributed by atoms with E-state index >= 15 is 0 Å². The van der Waals surface area contributed by atoms with E-state index < -0.39 is 0 Å². The second-order valence-corrected chi connectivity index (χ2v) is 4.27. The summed E-state index contributed by atoms with van der Waals surface area (Å²) in [7, 11) is 0. The van der Waals surface area contributed by atoms with Crippen molar-refractivity contribution in [2.45, 2.75) is 13.8 Å². The highest BCUT2D eigenvalue weighted by atomic mass is 16.5. The minimum absolute atomic E-state index is 0.177. The third-order valence-electron chi connectivity index (χ3n) is 2.88. The van der Waals surface area contributed by atoms with E-state index in [2.05, 4.69) is 15.5 Å². The Kier molecular flexibility index (Phi) is 4.01. The summed E-state index contributed by atoms with van der Waals surface area (Å²) in [5.74, 6) is 0.553. The largest absolute Gasteiger partial charge is 0.482 e. The smallest absolute Gasteiger partial charge is 0.263 e. The Morgan fingerprint density at radius 2 is 2.20 bits per heavy atom. The molecule has 1 amide bonds. The number of hydrogen-bond acceptors (Lipinski definition) is 4. The number of nitrogens with zero attached hydrogens (tertiary/aromatic N) is 2. The minimum Gasteiger partial charge on any atom is -0.482 e. The topological polar surface area (TPSA) is 90.8 Å². The van der Waals surface area contributed by atoms with E-state index in [1.807, 2.05) is 19.9 Å². The Labute approximate surface area is 116 Å². The number of benzene rings is 1. The molecule has 0 saturated heterocycles. The van der Waals surface area contributed by atoms with Crippen LogP contribution in [0.3, 0.4) is 0 Å². The quantitative estimate of drug-likeness (QED) is 0.887. The highest BCUT2D eigenvalue weighted by Gasteiger charge is 2.11. The maximum absolute atomic E-state index is 11.8. The summed E-state index contributed by atoms with van der Waals surface area (Å²) in [6.45, 7) is 3.56. The number of aromatic amines is 1. The number of rotatable bonds is 4. The van der Waals surface area contributed by atoms with Crippen molar-refractivity contribution in [3.05, 3.63) is 41.1 Å². The predicted molar refractivity (Wildman–Crippen MR) is 73.3 cm³/mol. The van der Waals surface area contributed by atoms with Gasteiger partial charge in [0.25, 0.3) is 5.91 Å². The lowest BCUT2D eigenvalue weighted by Crippen LogP contribution is -2.21. The number of aromatic nitrogens is 2. The monoisotopic (exact) mass is 270 g/mol. The normalized spacial score (nSPS) is 9.85. The first-order valence-electron chi connectivity index (χ1n) is 6.05. The molecule has 0 aliphatic rings. The van der Waals surface area contributed by atoms with Crippen LogP contribution in [0.15, 0.2) is 24.3 Å². The maximum atomic E-state index is 11.8. The van der Waals surface area contributed by atoms with Crippen molar-refractivity contribution in [1.29, 1.82) is 5.26 Å². The van der Waals surface area contributed by atoms with Crippen molar-refractivity contribution < 1.29 is 9.53 Å². The number of carbonyl (C=O) groups is 1. The summed E-state index contributed by atoms with van der Waals surface area (Å²) in [6.07, 6.45) is 0. The van der Waals surface area contributed by atoms with Gasteiger partial charge >= 0.3 is 0 Å². The number of amides is 1. The van der Waals surface area contributed by atoms with Crippen LogP contribution in [0.1, 0.15) is 16.8 Å². The first kappa shape index (κ1) is 13.6. The van der Waals surface area contributed by atoms with Crippen molar-refractivity contribution in [3.63, 3.8) is 0 Å². The van der Waals surface area contributed by atoms with Crippen LogP contribution in [0.4, 0.5) is 5.82 Å². The van der Waals surface area contributed by atoms with E-state index in [-0.39, 0.29) is 12.5 Å². The number of ether oxygens (including phenoxy) is 1. The molecule has 102 valence electrons. The number of nitriles is 1. The molecular formula is C14H14N4O2. The van der Waals surface area contributed by atoms with Gasteiger partial charge in [-0.05, 0) is 26.0 Å². The zero-order valence-corrected chi connectivity index (χ0v) is 11.2. The van der Waals surface area contributed by atoms with Gasteiger partial charge in [-0.15, -0.1) is 0 Å². The summed E-state index contributed by atoms with van der Waals surface area (Å²) in [6, 6.07) is 8.77. The Balaban J connectivity index is 1.96. The molecule has 6 heteroatoms. The van der Waals surface area contributed by atoms with Crippen LogP contribution < -0.4 is 10.1 Å². The van der Waals surface area contributed by atoms with Crippen LogP contribution in [-0.4, -0.2) is 22.7 Å². The van der Waals surface area contributed by atoms with Crippen LogP contribution in [0, 0.1) is 25.2 Å². The van der Waals surface area contributed by atoms with Crippen molar-refractivity contribution in [2.24, 2.45) is 0 Å². The number of aryl methyl sites for hydroxylation is 1. The summed E-state index contributed by atoms with van der Waals surface area (Å²) < 4.78 is 5.34. The molecule has 0 aliphatic carbocycles. The van der Waals surface area contributed by atoms with Crippen molar-refractivity contribution in [1.82, 2.24) is 10.2 Å². The van der Waals surface area contributed by atoms with Gasteiger partial charge in [0, 0.05) is 11.3 Å². The van der Waals surface area contributed by atoms with Gasteiger partial charge in [-0.25, -0.2) is 0 Å². The summed E-state index contributed by atoms with van der Waals surface area (Å²) in [5, 5.41) is 18.3. The molecular weight excluding hydrogens is 256 g/mol. The fraction of sp³-hybridized carbons (Fsp3) is 0.214. The van der Waals surface area contributed by atoms with Crippen LogP contribution >= 0.6 is 0 Å². The molecule has 6 nitrogen and oxygen atoms in total. The second kappa shape index (κ2) is 5.89. The average Bonchev–Trinajstić information content (AvgIpc) is 2.77. The molecule has 0 spiro atoms. The highest BCUT2D eigenvalue weighted by molar-refractivity contribution is 5.91. The van der Waals surface area contributed by atoms with E-state index in [0.29, 0.717) is 17.1 Å². The minimum atomic E-state index is -0.327. The molecule has 0 unspecified atom stereocenters. The number of anilines is 1. The molecule has 0 bridgehead atoms. The summed E-state index contributed by atoms with van der Waals surface area (Å²) in [4.78, 5) is 11.8. The van der Waals surface area contributed by atoms with E-state index in [0.717, 1.165) is 11.3 Å². The fourth-order valence-electron chi connectivity index (χ4n) is 1.60. The lowest BCUT2D eigenvalue weighted by Gasteiger charge is -2.07. The number of carbonyl (C=O) groups excluding carboxylic acids is 1. The molecule has 0 aliphatic heterocycles. The first-order valence-corrected chi connectivity index (χ1v) is 6.05. The average molecular weight is 270 g/mol. The first-order chi connectivity index (χ1) is 9.61. The molecule has 0 fully saturated rings. The number of hydrogen-bond donors (Lipinski definition) is 2. The summed E-state index contributed by atoms with van der Waals surface area (Å²) in [5.41, 5.74) is 2.18. The standard InChI is InChI=1S/C14H14N4O2/c1-9-10(2)17-18-14(9)16-13(19)8-20-12-6-4-3-5-11(12)7-15/h3-6H,8H2,1-2H3,(H2,16,17,18,19). The zero-order valence-electron chi connectivity index (χ0n) is 11.2. The Hall–Kier alpha value is -2.81. The van der Waals surface area contributed by atoms with Crippen LogP contribution in [0.2, 0.25) is 0 Å². The summed E-state index contributed by atoms with van der Waals surface area (Å²) >= 11 is 0. The van der Waals surface area contributed by atoms with E-state index in [4.69, 9.17) is 10.00 Å². The lowest BCUT2D eigenvalue weighted by molar-refractivity contribution is -0.118. The fourth-order valence-corrected chi connectivity index (χ4v) is 1.60. The molecule has 2 aromatic rings. The van der Waals surface area contributed by atoms with E-state index in [1.54, 1.807) is 24.3 Å². The van der Waals surface area contributed by atoms with Gasteiger partial charge in [-0.1, -0.05) is 12.1 Å². The Morgan fingerprint density at radius 1 is 1.45 bits per heavy atom. The van der Waals surface area contributed by atoms with Gasteiger partial charge < -0.3 is 10.1 Å². The maximum Gasteiger partial charge on any atom is 0.263 e. The third kappa shape index (κ3) is 2.95. The van der Waals surface area contributed by atoms with Crippen LogP contribution in [0.5, 0.6) is 5.75 Å². The van der Waals surface area contributed by atoms with Gasteiger partial charge in [0.05, 0.1) is 5.56 Å². The molecule has 20 heavy (non-hydrogen) atoms. The van der Waals surface area contributed by atoms with Gasteiger partial charge in [0.2, 0.25) is 0 Å². The van der Waals surface area contributed by atoms with Crippen molar-refractivity contribution >= 4 is 11.7 Å². The lowest BCUT2D eigenvalue weighted by atomic mass is 10.2. The number of H-pyrrole nitrogens is 1. The molecule has 0 saturated carbocycles. The Bertz CT molecular complexity index is 670. The molecule has 0 radical (unpaired) electrons. The van der Waals surface area contributed by atoms with Crippen molar-refractivity contribution in [3.8, 4) is 11.8 Å². The molecule has 1 heterocycles. The van der Waals surface area contributed by atoms with Crippen LogP contribution in [0.25, 0.3) is 0 Å². The van der Waals surface area contributed by atoms with Crippen molar-refractivity contribution in [2.75, 3.05) is 11.9 Å². The van der Waals surface area contributed by atoms with Gasteiger partial charge in [-0.3, -0.25) is 9.89 Å². The SMILES string of the molecule is Cc1[nH]nc(NC(=O)COc2ccccc2C#N)c1C. The number of nitrogens with one attached hydrogen (secondary N) is 2. The number of para-hydroxylation sites is 1. The molecule has 0 atom stereocenters. The highest BCUT2D eigenvalue weighted by Crippen LogP contribution is 2.17. The molecule has 1 aromatic heterocycles. The van der Waals surface area contributed by atoms with Gasteiger partial charge in [0.15, 0.2) is 12.4 Å². The molecule has 2 rings (SSSR count). The molecule has 2 N–H and O–H groups in total. The Morgan fingerprint density at radius 3 is 2.85 bits per heavy atom. The molecule has 1 aromatic carbocycles. The van der Waals surface area contributed by atoms with Gasteiger partial charge in [0.1, 0.15) is 11.8 Å². The van der Waals surface area contributed by atoms with E-state index in [9.17, 15) is 4.79 Å². The third-order valence-corrected chi connectivity index (χ3v) is 2.88. The predicted octanol–water partition coefficient (Wildman–Crippen LogP) is 1.92. The van der Waals surface area contributed by atoms with Gasteiger partial charge in [-0.2, -0.15) is 10.4 Å². The van der Waals surface area contributed by atoms with Crippen LogP contribution in [-0.2, 0) is 4.79 Å².